The van der Waals surface area contributed by atoms with Crippen molar-refractivity contribution < 1.29 is 28.2 Å². The number of carboxylic acids is 2. The summed E-state index contributed by atoms with van der Waals surface area (Å²) in [4.78, 5) is 19.5. The van der Waals surface area contributed by atoms with Crippen LogP contribution in [-0.4, -0.2) is 48.9 Å². The highest BCUT2D eigenvalue weighted by Gasteiger charge is 2.29. The molecule has 22 heavy (non-hydrogen) atoms. The summed E-state index contributed by atoms with van der Waals surface area (Å²) in [5, 5.41) is 18.4. The Balaban J connectivity index is 0.000000261. The van der Waals surface area contributed by atoms with E-state index in [1.54, 1.807) is 24.3 Å². The molecule has 3 N–H and O–H groups in total. The lowest BCUT2D eigenvalue weighted by molar-refractivity contribution is -0.134. The molecular weight excluding hydrogens is 310 g/mol. The number of carbonyl (C=O) groups is 2. The van der Waals surface area contributed by atoms with E-state index < -0.39 is 21.8 Å². The third kappa shape index (κ3) is 5.66. The van der Waals surface area contributed by atoms with Gasteiger partial charge in [-0.2, -0.15) is 0 Å². The minimum absolute atomic E-state index is 0.245. The Labute approximate surface area is 128 Å². The molecule has 1 aromatic rings. The van der Waals surface area contributed by atoms with Crippen LogP contribution in [0.25, 0.3) is 0 Å². The predicted molar refractivity (Wildman–Crippen MR) is 79.3 cm³/mol. The molecule has 0 saturated carbocycles. The largest absolute Gasteiger partial charge is 0.478 e. The first-order valence-corrected chi connectivity index (χ1v) is 8.02. The average molecular weight is 327 g/mol. The van der Waals surface area contributed by atoms with E-state index in [0.717, 1.165) is 13.0 Å². The van der Waals surface area contributed by atoms with Gasteiger partial charge in [0.15, 0.2) is 9.84 Å². The van der Waals surface area contributed by atoms with E-state index in [0.29, 0.717) is 23.6 Å². The normalized spacial score (nSPS) is 17.7. The maximum absolute atomic E-state index is 12.0. The van der Waals surface area contributed by atoms with Crippen molar-refractivity contribution >= 4 is 21.8 Å². The molecule has 1 unspecified atom stereocenters. The summed E-state index contributed by atoms with van der Waals surface area (Å²) in [6.07, 6.45) is 1.84. The summed E-state index contributed by atoms with van der Waals surface area (Å²) in [6.45, 7) is 1.38. The number of hydrogen-bond donors (Lipinski definition) is 3. The van der Waals surface area contributed by atoms with E-state index >= 15 is 0 Å². The van der Waals surface area contributed by atoms with Gasteiger partial charge in [0, 0.05) is 18.7 Å². The van der Waals surface area contributed by atoms with Crippen LogP contribution in [0.5, 0.6) is 0 Å². The zero-order valence-corrected chi connectivity index (χ0v) is 12.5. The first-order chi connectivity index (χ1) is 10.3. The SMILES string of the molecule is O=C(O)/C=C\C(=O)O.O=S(=O)(c1ccccc1)C1CCNC1. The van der Waals surface area contributed by atoms with Crippen LogP contribution in [-0.2, 0) is 19.4 Å². The van der Waals surface area contributed by atoms with Crippen LogP contribution in [0.2, 0.25) is 0 Å². The van der Waals surface area contributed by atoms with Gasteiger partial charge in [0.25, 0.3) is 0 Å². The van der Waals surface area contributed by atoms with Gasteiger partial charge in [0.1, 0.15) is 0 Å². The topological polar surface area (TPSA) is 121 Å². The molecule has 0 amide bonds. The first kappa shape index (κ1) is 17.9. The van der Waals surface area contributed by atoms with Crippen molar-refractivity contribution in [2.24, 2.45) is 0 Å². The van der Waals surface area contributed by atoms with Crippen molar-refractivity contribution in [2.75, 3.05) is 13.1 Å². The number of aliphatic carboxylic acids is 2. The molecular formula is C14H17NO6S. The second kappa shape index (κ2) is 8.30. The Bertz CT molecular complexity index is 617. The summed E-state index contributed by atoms with van der Waals surface area (Å²) in [7, 11) is -3.10. The quantitative estimate of drug-likeness (QED) is 0.690. The number of carboxylic acid groups (broad SMARTS) is 2. The Hall–Kier alpha value is -2.19. The number of rotatable bonds is 4. The highest BCUT2D eigenvalue weighted by molar-refractivity contribution is 7.92. The smallest absolute Gasteiger partial charge is 0.328 e. The van der Waals surface area contributed by atoms with E-state index in [2.05, 4.69) is 5.32 Å². The average Bonchev–Trinajstić information content (AvgIpc) is 3.02. The first-order valence-electron chi connectivity index (χ1n) is 6.47. The molecule has 1 aliphatic rings. The Morgan fingerprint density at radius 3 is 2.05 bits per heavy atom. The van der Waals surface area contributed by atoms with E-state index in [4.69, 9.17) is 10.2 Å². The number of nitrogens with one attached hydrogen (secondary N) is 1. The third-order valence-electron chi connectivity index (χ3n) is 2.89. The van der Waals surface area contributed by atoms with Gasteiger partial charge in [0.05, 0.1) is 10.1 Å². The molecule has 1 aromatic carbocycles. The lowest BCUT2D eigenvalue weighted by atomic mass is 10.4. The highest BCUT2D eigenvalue weighted by Crippen LogP contribution is 2.19. The summed E-state index contributed by atoms with van der Waals surface area (Å²) < 4.78 is 24.0. The van der Waals surface area contributed by atoms with Gasteiger partial charge < -0.3 is 15.5 Å². The van der Waals surface area contributed by atoms with Crippen LogP contribution in [0, 0.1) is 0 Å². The van der Waals surface area contributed by atoms with Gasteiger partial charge in [-0.05, 0) is 25.1 Å². The van der Waals surface area contributed by atoms with Crippen LogP contribution >= 0.6 is 0 Å². The molecule has 1 saturated heterocycles. The fourth-order valence-electron chi connectivity index (χ4n) is 1.84. The zero-order chi connectivity index (χ0) is 16.6. The van der Waals surface area contributed by atoms with Crippen LogP contribution < -0.4 is 5.32 Å². The van der Waals surface area contributed by atoms with Crippen molar-refractivity contribution in [3.63, 3.8) is 0 Å². The number of sulfone groups is 1. The van der Waals surface area contributed by atoms with Gasteiger partial charge in [-0.3, -0.25) is 0 Å². The number of hydrogen-bond acceptors (Lipinski definition) is 5. The molecule has 0 bridgehead atoms. The minimum Gasteiger partial charge on any atom is -0.478 e. The molecule has 0 aliphatic carbocycles. The standard InChI is InChI=1S/C10H13NO2S.C4H4O4/c12-14(13,10-6-7-11-8-10)9-4-2-1-3-5-9;5-3(6)1-2-4(7)8/h1-5,10-11H,6-8H2;1-2H,(H,5,6)(H,7,8)/b;2-1-. The van der Waals surface area contributed by atoms with E-state index in [1.807, 2.05) is 6.07 Å². The van der Waals surface area contributed by atoms with Crippen LogP contribution in [0.1, 0.15) is 6.42 Å². The molecule has 120 valence electrons. The fourth-order valence-corrected chi connectivity index (χ4v) is 3.53. The molecule has 1 heterocycles. The van der Waals surface area contributed by atoms with Crippen molar-refractivity contribution in [1.29, 1.82) is 0 Å². The second-order valence-corrected chi connectivity index (χ2v) is 6.71. The zero-order valence-electron chi connectivity index (χ0n) is 11.7. The summed E-state index contributed by atoms with van der Waals surface area (Å²) in [6, 6.07) is 8.66. The van der Waals surface area contributed by atoms with Crippen molar-refractivity contribution in [3.8, 4) is 0 Å². The Morgan fingerprint density at radius 1 is 1.09 bits per heavy atom. The third-order valence-corrected chi connectivity index (χ3v) is 5.10. The summed E-state index contributed by atoms with van der Waals surface area (Å²) >= 11 is 0. The van der Waals surface area contributed by atoms with Crippen molar-refractivity contribution in [2.45, 2.75) is 16.6 Å². The van der Waals surface area contributed by atoms with E-state index in [9.17, 15) is 18.0 Å². The van der Waals surface area contributed by atoms with Crippen LogP contribution in [0.15, 0.2) is 47.4 Å². The van der Waals surface area contributed by atoms with Gasteiger partial charge in [-0.25, -0.2) is 18.0 Å². The van der Waals surface area contributed by atoms with Crippen LogP contribution in [0.4, 0.5) is 0 Å². The predicted octanol–water partition coefficient (Wildman–Crippen LogP) is 0.534. The second-order valence-electron chi connectivity index (χ2n) is 4.48. The fraction of sp³-hybridized carbons (Fsp3) is 0.286. The maximum atomic E-state index is 12.0. The molecule has 7 nitrogen and oxygen atoms in total. The Morgan fingerprint density at radius 2 is 1.64 bits per heavy atom. The van der Waals surface area contributed by atoms with E-state index in [1.165, 1.54) is 0 Å². The highest BCUT2D eigenvalue weighted by atomic mass is 32.2. The summed E-state index contributed by atoms with van der Waals surface area (Å²) in [5.74, 6) is -2.51. The van der Waals surface area contributed by atoms with Gasteiger partial charge in [0.2, 0.25) is 0 Å². The minimum atomic E-state index is -3.10. The van der Waals surface area contributed by atoms with Gasteiger partial charge in [-0.1, -0.05) is 18.2 Å². The molecule has 0 spiro atoms. The van der Waals surface area contributed by atoms with Crippen molar-refractivity contribution in [1.82, 2.24) is 5.32 Å². The van der Waals surface area contributed by atoms with Gasteiger partial charge >= 0.3 is 11.9 Å². The van der Waals surface area contributed by atoms with Crippen LogP contribution in [0.3, 0.4) is 0 Å². The molecule has 1 atom stereocenters. The van der Waals surface area contributed by atoms with Crippen molar-refractivity contribution in [3.05, 3.63) is 42.5 Å². The van der Waals surface area contributed by atoms with E-state index in [-0.39, 0.29) is 5.25 Å². The molecule has 1 fully saturated rings. The molecule has 8 heteroatoms. The molecule has 0 radical (unpaired) electrons. The molecule has 1 aliphatic heterocycles. The lowest BCUT2D eigenvalue weighted by Crippen LogP contribution is -2.23. The lowest BCUT2D eigenvalue weighted by Gasteiger charge is -2.09. The summed E-state index contributed by atoms with van der Waals surface area (Å²) in [5.41, 5.74) is 0. The molecule has 2 rings (SSSR count). The van der Waals surface area contributed by atoms with Gasteiger partial charge in [-0.15, -0.1) is 0 Å². The number of benzene rings is 1. The Kier molecular flexibility index (Phi) is 6.74. The monoisotopic (exact) mass is 327 g/mol. The molecule has 0 aromatic heterocycles. The maximum Gasteiger partial charge on any atom is 0.328 e.